The van der Waals surface area contributed by atoms with Crippen molar-refractivity contribution in [2.45, 2.75) is 64.2 Å². The number of pyridine rings is 1. The molecule has 5 heteroatoms. The molecule has 3 aromatic rings. The van der Waals surface area contributed by atoms with Crippen LogP contribution in [0.1, 0.15) is 69.9 Å². The number of nitrogens with zero attached hydrogens (tertiary/aromatic N) is 1. The second-order valence-electron chi connectivity index (χ2n) is 9.74. The van der Waals surface area contributed by atoms with Crippen molar-refractivity contribution < 1.29 is 9.53 Å². The molecule has 0 aliphatic heterocycles. The maximum absolute atomic E-state index is 12.7. The molecular weight excluding hydrogens is 410 g/mol. The monoisotopic (exact) mass is 443 g/mol. The summed E-state index contributed by atoms with van der Waals surface area (Å²) in [5.74, 6) is 1.73. The highest BCUT2D eigenvalue weighted by Crippen LogP contribution is 2.36. The fourth-order valence-electron chi connectivity index (χ4n) is 4.41. The number of hydrogen-bond donors (Lipinski definition) is 2. The van der Waals surface area contributed by atoms with Crippen molar-refractivity contribution in [2.75, 3.05) is 10.6 Å². The van der Waals surface area contributed by atoms with Crippen LogP contribution in [0, 0.1) is 0 Å². The van der Waals surface area contributed by atoms with Crippen molar-refractivity contribution in [1.82, 2.24) is 4.98 Å². The van der Waals surface area contributed by atoms with E-state index in [1.54, 1.807) is 18.3 Å². The second kappa shape index (κ2) is 10.1. The third kappa shape index (κ3) is 5.92. The SMILES string of the molecule is CC(C)(C)c1ccccc1Oc1ncccc1NC(=O)Nc1ccc(C2CCCCC2)cc1. The molecule has 0 atom stereocenters. The lowest BCUT2D eigenvalue weighted by atomic mass is 9.84. The zero-order valence-electron chi connectivity index (χ0n) is 19.7. The summed E-state index contributed by atoms with van der Waals surface area (Å²) in [6, 6.07) is 19.4. The Morgan fingerprint density at radius 2 is 1.64 bits per heavy atom. The van der Waals surface area contributed by atoms with Gasteiger partial charge in [-0.2, -0.15) is 0 Å². The number of carbonyl (C=O) groups is 1. The Hall–Kier alpha value is -3.34. The number of rotatable bonds is 5. The lowest BCUT2D eigenvalue weighted by molar-refractivity contribution is 0.262. The fraction of sp³-hybridized carbons (Fsp3) is 0.357. The van der Waals surface area contributed by atoms with E-state index in [0.717, 1.165) is 17.0 Å². The van der Waals surface area contributed by atoms with E-state index in [1.807, 2.05) is 30.3 Å². The van der Waals surface area contributed by atoms with E-state index in [9.17, 15) is 4.79 Å². The summed E-state index contributed by atoms with van der Waals surface area (Å²) >= 11 is 0. The minimum absolute atomic E-state index is 0.0832. The Labute approximate surface area is 196 Å². The second-order valence-corrected chi connectivity index (χ2v) is 9.74. The number of amides is 2. The van der Waals surface area contributed by atoms with Gasteiger partial charge < -0.3 is 15.4 Å². The molecule has 1 saturated carbocycles. The normalized spacial score (nSPS) is 14.5. The largest absolute Gasteiger partial charge is 0.437 e. The summed E-state index contributed by atoms with van der Waals surface area (Å²) in [5.41, 5.74) is 3.62. The third-order valence-corrected chi connectivity index (χ3v) is 6.17. The van der Waals surface area contributed by atoms with Gasteiger partial charge in [0.1, 0.15) is 11.4 Å². The average Bonchev–Trinajstić information content (AvgIpc) is 2.81. The molecule has 0 saturated heterocycles. The molecule has 1 aromatic heterocycles. The summed E-state index contributed by atoms with van der Waals surface area (Å²) in [6.45, 7) is 6.42. The van der Waals surface area contributed by atoms with Crippen molar-refractivity contribution in [1.29, 1.82) is 0 Å². The van der Waals surface area contributed by atoms with E-state index in [0.29, 0.717) is 17.5 Å². The topological polar surface area (TPSA) is 63.2 Å². The van der Waals surface area contributed by atoms with Crippen molar-refractivity contribution in [3.05, 3.63) is 78.0 Å². The summed E-state index contributed by atoms with van der Waals surface area (Å²) in [6.07, 6.45) is 8.14. The molecule has 1 heterocycles. The smallest absolute Gasteiger partial charge is 0.323 e. The third-order valence-electron chi connectivity index (χ3n) is 6.17. The Bertz CT molecular complexity index is 1080. The molecule has 0 unspecified atom stereocenters. The highest BCUT2D eigenvalue weighted by molar-refractivity contribution is 6.00. The highest BCUT2D eigenvalue weighted by Gasteiger charge is 2.20. The van der Waals surface area contributed by atoms with Crippen LogP contribution in [-0.2, 0) is 5.41 Å². The van der Waals surface area contributed by atoms with E-state index in [-0.39, 0.29) is 11.4 Å². The van der Waals surface area contributed by atoms with Gasteiger partial charge >= 0.3 is 6.03 Å². The molecule has 172 valence electrons. The lowest BCUT2D eigenvalue weighted by Crippen LogP contribution is -2.20. The fourth-order valence-corrected chi connectivity index (χ4v) is 4.41. The number of para-hydroxylation sites is 1. The molecule has 4 rings (SSSR count). The highest BCUT2D eigenvalue weighted by atomic mass is 16.5. The van der Waals surface area contributed by atoms with Gasteiger partial charge in [-0.1, -0.05) is 70.4 Å². The molecule has 33 heavy (non-hydrogen) atoms. The minimum Gasteiger partial charge on any atom is -0.437 e. The zero-order valence-corrected chi connectivity index (χ0v) is 19.7. The van der Waals surface area contributed by atoms with Gasteiger partial charge in [0.05, 0.1) is 0 Å². The molecular formula is C28H33N3O2. The molecule has 0 radical (unpaired) electrons. The van der Waals surface area contributed by atoms with Crippen LogP contribution in [0.3, 0.4) is 0 Å². The van der Waals surface area contributed by atoms with Crippen LogP contribution in [0.15, 0.2) is 66.9 Å². The Kier molecular flexibility index (Phi) is 6.97. The first-order chi connectivity index (χ1) is 15.9. The van der Waals surface area contributed by atoms with Gasteiger partial charge in [0.2, 0.25) is 5.88 Å². The standard InChI is InChI=1S/C28H33N3O2/c1-28(2,3)23-12-7-8-14-25(23)33-26-24(13-9-19-29-26)31-27(32)30-22-17-15-21(16-18-22)20-10-5-4-6-11-20/h7-9,12-20H,4-6,10-11H2,1-3H3,(H2,30,31,32). The maximum atomic E-state index is 12.7. The maximum Gasteiger partial charge on any atom is 0.323 e. The van der Waals surface area contributed by atoms with Gasteiger partial charge in [-0.05, 0) is 60.1 Å². The predicted octanol–water partition coefficient (Wildman–Crippen LogP) is 7.86. The van der Waals surface area contributed by atoms with Crippen molar-refractivity contribution in [2.24, 2.45) is 0 Å². The number of nitrogens with one attached hydrogen (secondary N) is 2. The van der Waals surface area contributed by atoms with Gasteiger partial charge in [-0.25, -0.2) is 9.78 Å². The number of benzene rings is 2. The summed E-state index contributed by atoms with van der Waals surface area (Å²) in [4.78, 5) is 17.0. The van der Waals surface area contributed by atoms with Gasteiger partial charge in [0.15, 0.2) is 0 Å². The molecule has 1 aliphatic rings. The molecule has 1 fully saturated rings. The van der Waals surface area contributed by atoms with Crippen LogP contribution in [0.25, 0.3) is 0 Å². The van der Waals surface area contributed by atoms with Crippen molar-refractivity contribution in [3.63, 3.8) is 0 Å². The van der Waals surface area contributed by atoms with Crippen LogP contribution in [0.4, 0.5) is 16.2 Å². The number of carbonyl (C=O) groups excluding carboxylic acids is 1. The quantitative estimate of drug-likeness (QED) is 0.422. The van der Waals surface area contributed by atoms with E-state index >= 15 is 0 Å². The van der Waals surface area contributed by atoms with E-state index in [1.165, 1.54) is 37.7 Å². The molecule has 2 aromatic carbocycles. The first-order valence-electron chi connectivity index (χ1n) is 11.8. The Morgan fingerprint density at radius 1 is 0.909 bits per heavy atom. The van der Waals surface area contributed by atoms with Crippen LogP contribution in [0.2, 0.25) is 0 Å². The minimum atomic E-state index is -0.331. The van der Waals surface area contributed by atoms with Gasteiger partial charge in [-0.3, -0.25) is 0 Å². The van der Waals surface area contributed by atoms with Gasteiger partial charge in [0.25, 0.3) is 0 Å². The van der Waals surface area contributed by atoms with E-state index in [2.05, 4.69) is 54.6 Å². The van der Waals surface area contributed by atoms with E-state index < -0.39 is 0 Å². The number of anilines is 2. The summed E-state index contributed by atoms with van der Waals surface area (Å²) in [5, 5.41) is 5.79. The predicted molar refractivity (Wildman–Crippen MR) is 134 cm³/mol. The van der Waals surface area contributed by atoms with E-state index in [4.69, 9.17) is 4.74 Å². The number of urea groups is 1. The molecule has 2 amide bonds. The van der Waals surface area contributed by atoms with Crippen molar-refractivity contribution in [3.8, 4) is 11.6 Å². The first kappa shape index (κ1) is 22.8. The summed E-state index contributed by atoms with van der Waals surface area (Å²) < 4.78 is 6.15. The number of aromatic nitrogens is 1. The Balaban J connectivity index is 1.43. The molecule has 2 N–H and O–H groups in total. The first-order valence-corrected chi connectivity index (χ1v) is 11.8. The van der Waals surface area contributed by atoms with Gasteiger partial charge in [0, 0.05) is 17.4 Å². The summed E-state index contributed by atoms with van der Waals surface area (Å²) in [7, 11) is 0. The molecule has 1 aliphatic carbocycles. The van der Waals surface area contributed by atoms with Crippen molar-refractivity contribution >= 4 is 17.4 Å². The van der Waals surface area contributed by atoms with Crippen LogP contribution in [-0.4, -0.2) is 11.0 Å². The van der Waals surface area contributed by atoms with Gasteiger partial charge in [-0.15, -0.1) is 0 Å². The average molecular weight is 444 g/mol. The molecule has 5 nitrogen and oxygen atoms in total. The van der Waals surface area contributed by atoms with Crippen LogP contribution in [0.5, 0.6) is 11.6 Å². The zero-order chi connectivity index (χ0) is 23.3. The molecule has 0 bridgehead atoms. The molecule has 0 spiro atoms. The van der Waals surface area contributed by atoms with Crippen LogP contribution < -0.4 is 15.4 Å². The Morgan fingerprint density at radius 3 is 2.36 bits per heavy atom. The number of hydrogen-bond acceptors (Lipinski definition) is 3. The van der Waals surface area contributed by atoms with Crippen LogP contribution >= 0.6 is 0 Å². The lowest BCUT2D eigenvalue weighted by Gasteiger charge is -2.23. The number of ether oxygens (including phenoxy) is 1.